The molecular formula is C14H16N2O2. The summed E-state index contributed by atoms with van der Waals surface area (Å²) in [5.74, 6) is 0.834. The fourth-order valence-corrected chi connectivity index (χ4v) is 2.39. The van der Waals surface area contributed by atoms with Crippen molar-refractivity contribution < 1.29 is 9.90 Å². The molecule has 2 aromatic rings. The molecule has 0 atom stereocenters. The minimum Gasteiger partial charge on any atom is -0.478 e. The number of fused-ring (bicyclic) bond motifs is 1. The molecule has 0 saturated heterocycles. The van der Waals surface area contributed by atoms with Crippen LogP contribution in [0.4, 0.5) is 0 Å². The van der Waals surface area contributed by atoms with Gasteiger partial charge in [0.2, 0.25) is 0 Å². The van der Waals surface area contributed by atoms with Crippen molar-refractivity contribution in [2.24, 2.45) is 0 Å². The van der Waals surface area contributed by atoms with Gasteiger partial charge in [-0.15, -0.1) is 0 Å². The molecule has 0 bridgehead atoms. The molecule has 0 radical (unpaired) electrons. The van der Waals surface area contributed by atoms with Gasteiger partial charge in [-0.05, 0) is 37.5 Å². The van der Waals surface area contributed by atoms with E-state index in [0.717, 1.165) is 29.8 Å². The minimum atomic E-state index is -0.880. The molecule has 1 aliphatic carbocycles. The quantitative estimate of drug-likeness (QED) is 0.899. The van der Waals surface area contributed by atoms with Gasteiger partial charge in [0, 0.05) is 12.5 Å². The summed E-state index contributed by atoms with van der Waals surface area (Å²) < 4.78 is 2.19. The van der Waals surface area contributed by atoms with Gasteiger partial charge >= 0.3 is 5.97 Å². The van der Waals surface area contributed by atoms with Crippen LogP contribution in [0.15, 0.2) is 18.2 Å². The van der Waals surface area contributed by atoms with Gasteiger partial charge in [-0.3, -0.25) is 0 Å². The van der Waals surface area contributed by atoms with Crippen LogP contribution in [0.3, 0.4) is 0 Å². The molecule has 4 heteroatoms. The Hall–Kier alpha value is -1.84. The van der Waals surface area contributed by atoms with Crippen molar-refractivity contribution in [2.75, 3.05) is 0 Å². The average Bonchev–Trinajstić information content (AvgIpc) is 3.13. The third-order valence-electron chi connectivity index (χ3n) is 3.41. The molecule has 94 valence electrons. The second-order valence-electron chi connectivity index (χ2n) is 4.90. The number of carboxylic acids is 1. The lowest BCUT2D eigenvalue weighted by Gasteiger charge is -2.06. The van der Waals surface area contributed by atoms with Crippen molar-refractivity contribution in [3.8, 4) is 0 Å². The first-order chi connectivity index (χ1) is 8.70. The molecule has 4 nitrogen and oxygen atoms in total. The lowest BCUT2D eigenvalue weighted by molar-refractivity contribution is 0.0697. The molecule has 1 heterocycles. The van der Waals surface area contributed by atoms with Gasteiger partial charge in [-0.2, -0.15) is 0 Å². The van der Waals surface area contributed by atoms with Crippen LogP contribution >= 0.6 is 0 Å². The molecule has 0 amide bonds. The predicted molar refractivity (Wildman–Crippen MR) is 69.0 cm³/mol. The number of nitrogens with zero attached hydrogens (tertiary/aromatic N) is 2. The second kappa shape index (κ2) is 4.12. The number of aromatic nitrogens is 2. The highest BCUT2D eigenvalue weighted by Crippen LogP contribution is 2.40. The van der Waals surface area contributed by atoms with Gasteiger partial charge < -0.3 is 9.67 Å². The Kier molecular flexibility index (Phi) is 2.58. The Morgan fingerprint density at radius 3 is 2.89 bits per heavy atom. The highest BCUT2D eigenvalue weighted by Gasteiger charge is 2.29. The summed E-state index contributed by atoms with van der Waals surface area (Å²) in [5, 5.41) is 9.06. The first-order valence-electron chi connectivity index (χ1n) is 6.44. The molecule has 1 aliphatic rings. The van der Waals surface area contributed by atoms with Gasteiger partial charge in [0.25, 0.3) is 0 Å². The van der Waals surface area contributed by atoms with Crippen molar-refractivity contribution in [2.45, 2.75) is 38.6 Å². The Balaban J connectivity index is 2.18. The number of imidazole rings is 1. The molecule has 0 unspecified atom stereocenters. The van der Waals surface area contributed by atoms with E-state index in [1.165, 1.54) is 12.8 Å². The highest BCUT2D eigenvalue weighted by atomic mass is 16.4. The molecule has 1 aromatic carbocycles. The normalized spacial score (nSPS) is 15.2. The molecule has 1 aromatic heterocycles. The smallest absolute Gasteiger partial charge is 0.335 e. The van der Waals surface area contributed by atoms with E-state index < -0.39 is 5.97 Å². The van der Waals surface area contributed by atoms with Crippen molar-refractivity contribution in [3.63, 3.8) is 0 Å². The van der Waals surface area contributed by atoms with E-state index in [-0.39, 0.29) is 0 Å². The van der Waals surface area contributed by atoms with E-state index >= 15 is 0 Å². The predicted octanol–water partition coefficient (Wildman–Crippen LogP) is 3.02. The average molecular weight is 244 g/mol. The number of rotatable bonds is 4. The van der Waals surface area contributed by atoms with Gasteiger partial charge in [-0.25, -0.2) is 9.78 Å². The van der Waals surface area contributed by atoms with E-state index in [1.54, 1.807) is 12.1 Å². The summed E-state index contributed by atoms with van der Waals surface area (Å²) in [6, 6.07) is 5.19. The van der Waals surface area contributed by atoms with E-state index in [1.807, 2.05) is 6.07 Å². The van der Waals surface area contributed by atoms with Gasteiger partial charge in [0.15, 0.2) is 0 Å². The van der Waals surface area contributed by atoms with Crippen LogP contribution in [-0.4, -0.2) is 20.6 Å². The van der Waals surface area contributed by atoms with E-state index in [9.17, 15) is 4.79 Å². The van der Waals surface area contributed by atoms with Crippen molar-refractivity contribution in [1.82, 2.24) is 9.55 Å². The molecular weight excluding hydrogens is 228 g/mol. The zero-order valence-corrected chi connectivity index (χ0v) is 10.4. The number of benzene rings is 1. The van der Waals surface area contributed by atoms with Crippen molar-refractivity contribution in [1.29, 1.82) is 0 Å². The number of carboxylic acid groups (broad SMARTS) is 1. The molecule has 0 spiro atoms. The van der Waals surface area contributed by atoms with Gasteiger partial charge in [-0.1, -0.05) is 6.92 Å². The molecule has 3 rings (SSSR count). The summed E-state index contributed by atoms with van der Waals surface area (Å²) in [6.07, 6.45) is 3.44. The van der Waals surface area contributed by atoms with Crippen LogP contribution in [0.2, 0.25) is 0 Å². The monoisotopic (exact) mass is 244 g/mol. The summed E-state index contributed by atoms with van der Waals surface area (Å²) in [4.78, 5) is 15.7. The SMILES string of the molecule is CCCn1c(C2CC2)nc2ccc(C(=O)O)cc21. The van der Waals surface area contributed by atoms with Crippen LogP contribution in [0.5, 0.6) is 0 Å². The second-order valence-corrected chi connectivity index (χ2v) is 4.90. The summed E-state index contributed by atoms with van der Waals surface area (Å²) in [7, 11) is 0. The van der Waals surface area contributed by atoms with Gasteiger partial charge in [0.05, 0.1) is 16.6 Å². The van der Waals surface area contributed by atoms with Gasteiger partial charge in [0.1, 0.15) is 5.82 Å². The molecule has 1 N–H and O–H groups in total. The summed E-state index contributed by atoms with van der Waals surface area (Å²) >= 11 is 0. The lowest BCUT2D eigenvalue weighted by atomic mass is 10.2. The van der Waals surface area contributed by atoms with Crippen molar-refractivity contribution >= 4 is 17.0 Å². The minimum absolute atomic E-state index is 0.335. The molecule has 1 fully saturated rings. The summed E-state index contributed by atoms with van der Waals surface area (Å²) in [6.45, 7) is 3.04. The number of hydrogen-bond donors (Lipinski definition) is 1. The van der Waals surface area contributed by atoms with E-state index in [0.29, 0.717) is 11.5 Å². The maximum atomic E-state index is 11.0. The zero-order chi connectivity index (χ0) is 12.7. The Bertz CT molecular complexity index is 612. The summed E-state index contributed by atoms with van der Waals surface area (Å²) in [5.41, 5.74) is 2.20. The Labute approximate surface area is 105 Å². The largest absolute Gasteiger partial charge is 0.478 e. The number of carbonyl (C=O) groups is 1. The maximum absolute atomic E-state index is 11.0. The van der Waals surface area contributed by atoms with Crippen LogP contribution in [0.1, 0.15) is 48.3 Å². The maximum Gasteiger partial charge on any atom is 0.335 e. The van der Waals surface area contributed by atoms with E-state index in [2.05, 4.69) is 16.5 Å². The number of hydrogen-bond acceptors (Lipinski definition) is 2. The standard InChI is InChI=1S/C14H16N2O2/c1-2-7-16-12-8-10(14(17)18)5-6-11(12)15-13(16)9-3-4-9/h5-6,8-9H,2-4,7H2,1H3,(H,17,18). The number of aryl methyl sites for hydroxylation is 1. The first-order valence-corrected chi connectivity index (χ1v) is 6.44. The van der Waals surface area contributed by atoms with Crippen LogP contribution < -0.4 is 0 Å². The zero-order valence-electron chi connectivity index (χ0n) is 10.4. The third kappa shape index (κ3) is 1.78. The molecule has 1 saturated carbocycles. The first kappa shape index (κ1) is 11.3. The van der Waals surface area contributed by atoms with Crippen LogP contribution in [-0.2, 0) is 6.54 Å². The Morgan fingerprint density at radius 1 is 1.50 bits per heavy atom. The topological polar surface area (TPSA) is 55.1 Å². The van der Waals surface area contributed by atoms with Crippen molar-refractivity contribution in [3.05, 3.63) is 29.6 Å². The molecule has 0 aliphatic heterocycles. The fourth-order valence-electron chi connectivity index (χ4n) is 2.39. The third-order valence-corrected chi connectivity index (χ3v) is 3.41. The molecule has 18 heavy (non-hydrogen) atoms. The van der Waals surface area contributed by atoms with E-state index in [4.69, 9.17) is 5.11 Å². The number of aromatic carboxylic acids is 1. The van der Waals surface area contributed by atoms with Crippen LogP contribution in [0, 0.1) is 0 Å². The highest BCUT2D eigenvalue weighted by molar-refractivity contribution is 5.92. The Morgan fingerprint density at radius 2 is 2.28 bits per heavy atom. The van der Waals surface area contributed by atoms with Crippen LogP contribution in [0.25, 0.3) is 11.0 Å². The fraction of sp³-hybridized carbons (Fsp3) is 0.429. The lowest BCUT2D eigenvalue weighted by Crippen LogP contribution is -2.03.